The van der Waals surface area contributed by atoms with Crippen molar-refractivity contribution in [3.8, 4) is 5.69 Å². The van der Waals surface area contributed by atoms with Gasteiger partial charge in [0.1, 0.15) is 10.6 Å². The fourth-order valence-corrected chi connectivity index (χ4v) is 4.80. The number of aryl methyl sites for hydroxylation is 1. The van der Waals surface area contributed by atoms with Gasteiger partial charge in [-0.3, -0.25) is 9.59 Å². The third-order valence-electron chi connectivity index (χ3n) is 5.81. The maximum atomic E-state index is 13.3. The van der Waals surface area contributed by atoms with E-state index in [2.05, 4.69) is 15.7 Å². The first-order chi connectivity index (χ1) is 15.9. The molecule has 6 nitrogen and oxygen atoms in total. The van der Waals surface area contributed by atoms with Gasteiger partial charge in [0, 0.05) is 17.0 Å². The number of carbonyl (C=O) groups excluding carboxylic acids is 2. The van der Waals surface area contributed by atoms with E-state index in [-0.39, 0.29) is 29.6 Å². The van der Waals surface area contributed by atoms with Gasteiger partial charge in [-0.25, -0.2) is 9.07 Å². The zero-order valence-electron chi connectivity index (χ0n) is 18.3. The summed E-state index contributed by atoms with van der Waals surface area (Å²) in [6.45, 7) is 3.82. The van der Waals surface area contributed by atoms with E-state index in [0.717, 1.165) is 45.7 Å². The van der Waals surface area contributed by atoms with Gasteiger partial charge in [-0.15, -0.1) is 11.3 Å². The molecule has 2 aromatic heterocycles. The minimum atomic E-state index is -0.308. The van der Waals surface area contributed by atoms with Crippen LogP contribution in [0.3, 0.4) is 0 Å². The molecule has 1 fully saturated rings. The third-order valence-corrected chi connectivity index (χ3v) is 6.92. The van der Waals surface area contributed by atoms with Crippen LogP contribution in [0, 0.1) is 18.7 Å². The molecule has 1 aliphatic rings. The van der Waals surface area contributed by atoms with Crippen molar-refractivity contribution in [3.63, 3.8) is 0 Å². The number of hydrogen-bond acceptors (Lipinski definition) is 4. The van der Waals surface area contributed by atoms with Crippen LogP contribution in [-0.2, 0) is 4.79 Å². The number of aromatic nitrogens is 2. The lowest BCUT2D eigenvalue weighted by molar-refractivity contribution is -0.117. The van der Waals surface area contributed by atoms with Gasteiger partial charge in [0.25, 0.3) is 5.91 Å². The summed E-state index contributed by atoms with van der Waals surface area (Å²) in [6, 6.07) is 15.3. The Morgan fingerprint density at radius 2 is 1.82 bits per heavy atom. The van der Waals surface area contributed by atoms with Gasteiger partial charge in [-0.2, -0.15) is 5.10 Å². The van der Waals surface area contributed by atoms with Crippen molar-refractivity contribution >= 4 is 39.1 Å². The quantitative estimate of drug-likeness (QED) is 0.404. The number of hydrogen-bond donors (Lipinski definition) is 2. The number of nitrogens with zero attached hydrogens (tertiary/aromatic N) is 2. The third kappa shape index (κ3) is 4.39. The van der Waals surface area contributed by atoms with E-state index >= 15 is 0 Å². The molecular formula is C25H23FN4O2S. The number of halogens is 1. The van der Waals surface area contributed by atoms with Crippen LogP contribution in [-0.4, -0.2) is 21.6 Å². The molecule has 2 aromatic carbocycles. The number of nitrogens with one attached hydrogen (secondary N) is 2. The van der Waals surface area contributed by atoms with Crippen molar-refractivity contribution in [1.29, 1.82) is 0 Å². The summed E-state index contributed by atoms with van der Waals surface area (Å²) in [4.78, 5) is 26.3. The van der Waals surface area contributed by atoms with Crippen molar-refractivity contribution < 1.29 is 14.0 Å². The lowest BCUT2D eigenvalue weighted by Gasteiger charge is -2.14. The maximum absolute atomic E-state index is 13.3. The van der Waals surface area contributed by atoms with E-state index in [9.17, 15) is 14.0 Å². The fourth-order valence-electron chi connectivity index (χ4n) is 3.71. The first-order valence-electron chi connectivity index (χ1n) is 10.9. The predicted octanol–water partition coefficient (Wildman–Crippen LogP) is 5.37. The van der Waals surface area contributed by atoms with Crippen LogP contribution in [0.25, 0.3) is 15.9 Å². The molecule has 0 spiro atoms. The monoisotopic (exact) mass is 462 g/mol. The van der Waals surface area contributed by atoms with Gasteiger partial charge < -0.3 is 10.6 Å². The minimum Gasteiger partial charge on any atom is -0.345 e. The highest BCUT2D eigenvalue weighted by Gasteiger charge is 2.29. The van der Waals surface area contributed by atoms with Crippen molar-refractivity contribution in [3.05, 3.63) is 76.5 Å². The predicted molar refractivity (Wildman–Crippen MR) is 127 cm³/mol. The number of thiophene rings is 1. The van der Waals surface area contributed by atoms with E-state index in [0.29, 0.717) is 4.88 Å². The number of fused-ring (bicyclic) bond motifs is 1. The molecule has 1 atom stereocenters. The molecule has 5 rings (SSSR count). The Bertz CT molecular complexity index is 1340. The molecule has 2 N–H and O–H groups in total. The Morgan fingerprint density at radius 1 is 1.12 bits per heavy atom. The van der Waals surface area contributed by atoms with Crippen LogP contribution in [0.15, 0.2) is 54.6 Å². The molecule has 168 valence electrons. The van der Waals surface area contributed by atoms with Gasteiger partial charge in [0.2, 0.25) is 5.91 Å². The van der Waals surface area contributed by atoms with Crippen molar-refractivity contribution in [1.82, 2.24) is 15.1 Å². The van der Waals surface area contributed by atoms with Crippen LogP contribution in [0.5, 0.6) is 0 Å². The van der Waals surface area contributed by atoms with Crippen molar-refractivity contribution in [2.24, 2.45) is 5.92 Å². The van der Waals surface area contributed by atoms with Crippen LogP contribution in [0.1, 0.15) is 46.7 Å². The molecule has 8 heteroatoms. The summed E-state index contributed by atoms with van der Waals surface area (Å²) >= 11 is 1.35. The maximum Gasteiger partial charge on any atom is 0.261 e. The lowest BCUT2D eigenvalue weighted by atomic mass is 10.1. The van der Waals surface area contributed by atoms with Crippen LogP contribution < -0.4 is 10.6 Å². The molecule has 1 saturated carbocycles. The fraction of sp³-hybridized carbons (Fsp3) is 0.240. The van der Waals surface area contributed by atoms with Crippen molar-refractivity contribution in [2.75, 3.05) is 5.32 Å². The number of carbonyl (C=O) groups is 2. The number of rotatable bonds is 6. The zero-order chi connectivity index (χ0) is 23.1. The number of benzene rings is 2. The second kappa shape index (κ2) is 8.44. The van der Waals surface area contributed by atoms with Crippen LogP contribution >= 0.6 is 11.3 Å². The molecule has 1 unspecified atom stereocenters. The summed E-state index contributed by atoms with van der Waals surface area (Å²) in [5, 5.41) is 11.4. The number of amides is 2. The first kappa shape index (κ1) is 21.3. The van der Waals surface area contributed by atoms with E-state index in [1.54, 1.807) is 16.8 Å². The highest BCUT2D eigenvalue weighted by molar-refractivity contribution is 7.20. The van der Waals surface area contributed by atoms with E-state index in [1.807, 2.05) is 44.2 Å². The van der Waals surface area contributed by atoms with Gasteiger partial charge >= 0.3 is 0 Å². The molecule has 0 saturated heterocycles. The smallest absolute Gasteiger partial charge is 0.261 e. The van der Waals surface area contributed by atoms with E-state index in [4.69, 9.17) is 0 Å². The van der Waals surface area contributed by atoms with Gasteiger partial charge in [-0.1, -0.05) is 12.1 Å². The molecule has 0 radical (unpaired) electrons. The Hall–Kier alpha value is -3.52. The van der Waals surface area contributed by atoms with Gasteiger partial charge in [-0.05, 0) is 74.7 Å². The SMILES string of the molecule is Cc1nn(-c2ccc(F)cc2)c2sc(C(=O)NC(C)c3ccc(NC(=O)C4CC4)cc3)cc12. The summed E-state index contributed by atoms with van der Waals surface area (Å²) in [5.74, 6) is -0.247. The second-order valence-corrected chi connectivity index (χ2v) is 9.41. The highest BCUT2D eigenvalue weighted by atomic mass is 32.1. The first-order valence-corrected chi connectivity index (χ1v) is 11.7. The average molecular weight is 463 g/mol. The Kier molecular flexibility index (Phi) is 5.46. The second-order valence-electron chi connectivity index (χ2n) is 8.38. The normalized spacial score (nSPS) is 14.3. The van der Waals surface area contributed by atoms with Gasteiger partial charge in [0.15, 0.2) is 0 Å². The molecule has 0 bridgehead atoms. The Balaban J connectivity index is 1.31. The molecule has 33 heavy (non-hydrogen) atoms. The van der Waals surface area contributed by atoms with Gasteiger partial charge in [0.05, 0.1) is 22.3 Å². The standard InChI is InChI=1S/C25H23FN4O2S/c1-14(16-5-9-19(10-6-16)28-23(31)17-3-4-17)27-24(32)22-13-21-15(2)29-30(25(21)33-22)20-11-7-18(26)8-12-20/h5-14,17H,3-4H2,1-2H3,(H,27,32)(H,28,31). The molecule has 1 aliphatic carbocycles. The summed E-state index contributed by atoms with van der Waals surface area (Å²) in [6.07, 6.45) is 1.93. The summed E-state index contributed by atoms with van der Waals surface area (Å²) in [7, 11) is 0. The molecule has 0 aliphatic heterocycles. The largest absolute Gasteiger partial charge is 0.345 e. The summed E-state index contributed by atoms with van der Waals surface area (Å²) in [5.41, 5.74) is 3.26. The number of anilines is 1. The van der Waals surface area contributed by atoms with Crippen LogP contribution in [0.2, 0.25) is 0 Å². The molecule has 2 heterocycles. The Labute approximate surface area is 194 Å². The molecular weight excluding hydrogens is 439 g/mol. The van der Waals surface area contributed by atoms with E-state index < -0.39 is 0 Å². The molecule has 2 amide bonds. The Morgan fingerprint density at radius 3 is 2.48 bits per heavy atom. The van der Waals surface area contributed by atoms with E-state index in [1.165, 1.54) is 23.5 Å². The zero-order valence-corrected chi connectivity index (χ0v) is 19.1. The lowest BCUT2D eigenvalue weighted by Crippen LogP contribution is -2.25. The topological polar surface area (TPSA) is 76.0 Å². The van der Waals surface area contributed by atoms with Crippen molar-refractivity contribution in [2.45, 2.75) is 32.7 Å². The average Bonchev–Trinajstić information content (AvgIpc) is 3.49. The highest BCUT2D eigenvalue weighted by Crippen LogP contribution is 2.32. The summed E-state index contributed by atoms with van der Waals surface area (Å²) < 4.78 is 15.0. The van der Waals surface area contributed by atoms with Crippen LogP contribution in [0.4, 0.5) is 10.1 Å². The minimum absolute atomic E-state index is 0.0726. The molecule has 4 aromatic rings.